The summed E-state index contributed by atoms with van der Waals surface area (Å²) in [5.41, 5.74) is 0. The Morgan fingerprint density at radius 2 is 1.70 bits per heavy atom. The summed E-state index contributed by atoms with van der Waals surface area (Å²) in [6, 6.07) is 0. The minimum Gasteiger partial charge on any atom is -0.388 e. The van der Waals surface area contributed by atoms with Gasteiger partial charge in [0, 0.05) is 13.7 Å². The monoisotopic (exact) mass is 307 g/mol. The van der Waals surface area contributed by atoms with E-state index in [1.807, 2.05) is 0 Å². The molecule has 5 nitrogen and oxygen atoms in total. The van der Waals surface area contributed by atoms with Crippen LogP contribution in [0.4, 0.5) is 26.3 Å². The second kappa shape index (κ2) is 5.95. The smallest absolute Gasteiger partial charge is 0.388 e. The summed E-state index contributed by atoms with van der Waals surface area (Å²) in [6.07, 6.45) is -11.1. The van der Waals surface area contributed by atoms with Crippen LogP contribution in [0.1, 0.15) is 17.6 Å². The Morgan fingerprint density at radius 3 is 2.10 bits per heavy atom. The number of aliphatic hydroxyl groups is 1. The molecule has 1 aromatic heterocycles. The number of halogens is 6. The van der Waals surface area contributed by atoms with E-state index >= 15 is 0 Å². The fourth-order valence-corrected chi connectivity index (χ4v) is 1.58. The first kappa shape index (κ1) is 16.7. The van der Waals surface area contributed by atoms with Crippen LogP contribution in [0.3, 0.4) is 0 Å². The minimum absolute atomic E-state index is 0.152. The predicted octanol–water partition coefficient (Wildman–Crippen LogP) is 1.62. The standard InChI is InChI=1S/C9H11F6N3O2/c1-20-3-2-18-5(4-19)16-17-7(18)6(8(10,11)12)9(13,14)15/h6,19H,2-4H2,1H3. The zero-order valence-corrected chi connectivity index (χ0v) is 10.2. The molecule has 0 saturated carbocycles. The highest BCUT2D eigenvalue weighted by Gasteiger charge is 2.60. The minimum atomic E-state index is -5.57. The summed E-state index contributed by atoms with van der Waals surface area (Å²) in [5, 5.41) is 15.0. The summed E-state index contributed by atoms with van der Waals surface area (Å²) in [6.45, 7) is -1.32. The van der Waals surface area contributed by atoms with Crippen LogP contribution in [0.2, 0.25) is 0 Å². The molecule has 0 aliphatic rings. The summed E-state index contributed by atoms with van der Waals surface area (Å²) < 4.78 is 80.9. The Hall–Kier alpha value is -1.36. The molecule has 0 amide bonds. The normalized spacial score (nSPS) is 13.2. The summed E-state index contributed by atoms with van der Waals surface area (Å²) >= 11 is 0. The number of nitrogens with zero attached hydrogens (tertiary/aromatic N) is 3. The van der Waals surface area contributed by atoms with Crippen LogP contribution in [0.25, 0.3) is 0 Å². The van der Waals surface area contributed by atoms with Gasteiger partial charge < -0.3 is 14.4 Å². The van der Waals surface area contributed by atoms with Gasteiger partial charge in [-0.25, -0.2) is 0 Å². The van der Waals surface area contributed by atoms with Gasteiger partial charge in [-0.1, -0.05) is 0 Å². The highest BCUT2D eigenvalue weighted by molar-refractivity contribution is 5.08. The van der Waals surface area contributed by atoms with Gasteiger partial charge >= 0.3 is 12.4 Å². The van der Waals surface area contributed by atoms with E-state index in [2.05, 4.69) is 14.9 Å². The molecule has 20 heavy (non-hydrogen) atoms. The Morgan fingerprint density at radius 1 is 1.15 bits per heavy atom. The van der Waals surface area contributed by atoms with Crippen molar-refractivity contribution >= 4 is 0 Å². The van der Waals surface area contributed by atoms with E-state index in [0.717, 1.165) is 0 Å². The summed E-state index contributed by atoms with van der Waals surface area (Å²) in [5.74, 6) is -5.47. The largest absolute Gasteiger partial charge is 0.407 e. The maximum absolute atomic E-state index is 12.6. The lowest BCUT2D eigenvalue weighted by Gasteiger charge is -2.23. The fraction of sp³-hybridized carbons (Fsp3) is 0.778. The third kappa shape index (κ3) is 3.60. The first-order valence-corrected chi connectivity index (χ1v) is 5.28. The van der Waals surface area contributed by atoms with E-state index in [1.54, 1.807) is 0 Å². The van der Waals surface area contributed by atoms with Crippen molar-refractivity contribution in [2.24, 2.45) is 0 Å². The van der Waals surface area contributed by atoms with Gasteiger partial charge in [-0.2, -0.15) is 26.3 Å². The topological polar surface area (TPSA) is 60.2 Å². The van der Waals surface area contributed by atoms with Crippen molar-refractivity contribution in [2.45, 2.75) is 31.4 Å². The second-order valence-electron chi connectivity index (χ2n) is 3.79. The molecule has 1 N–H and O–H groups in total. The SMILES string of the molecule is COCCn1c(CO)nnc1C(C(F)(F)F)C(F)(F)F. The molecule has 0 unspecified atom stereocenters. The number of hydrogen-bond acceptors (Lipinski definition) is 4. The van der Waals surface area contributed by atoms with Gasteiger partial charge in [-0.05, 0) is 0 Å². The number of aromatic nitrogens is 3. The molecular formula is C9H11F6N3O2. The quantitative estimate of drug-likeness (QED) is 0.840. The number of alkyl halides is 6. The van der Waals surface area contributed by atoms with E-state index in [0.29, 0.717) is 4.57 Å². The maximum atomic E-state index is 12.6. The molecule has 0 aliphatic carbocycles. The maximum Gasteiger partial charge on any atom is 0.407 e. The lowest BCUT2D eigenvalue weighted by atomic mass is 10.1. The van der Waals surface area contributed by atoms with Crippen molar-refractivity contribution in [1.29, 1.82) is 0 Å². The number of ether oxygens (including phenoxy) is 1. The molecule has 0 aromatic carbocycles. The number of aliphatic hydroxyl groups excluding tert-OH is 1. The van der Waals surface area contributed by atoms with Gasteiger partial charge in [0.15, 0.2) is 11.6 Å². The van der Waals surface area contributed by atoms with Crippen molar-refractivity contribution in [1.82, 2.24) is 14.8 Å². The van der Waals surface area contributed by atoms with Crippen LogP contribution in [-0.2, 0) is 17.9 Å². The number of methoxy groups -OCH3 is 1. The molecule has 0 spiro atoms. The summed E-state index contributed by atoms with van der Waals surface area (Å²) in [4.78, 5) is 0. The average molecular weight is 307 g/mol. The third-order valence-corrected chi connectivity index (χ3v) is 2.43. The summed E-state index contributed by atoms with van der Waals surface area (Å²) in [7, 11) is 1.23. The first-order chi connectivity index (χ1) is 9.12. The van der Waals surface area contributed by atoms with Gasteiger partial charge in [0.1, 0.15) is 6.61 Å². The van der Waals surface area contributed by atoms with Crippen LogP contribution in [-0.4, -0.2) is 45.9 Å². The first-order valence-electron chi connectivity index (χ1n) is 5.28. The van der Waals surface area contributed by atoms with Crippen LogP contribution < -0.4 is 0 Å². The van der Waals surface area contributed by atoms with E-state index in [9.17, 15) is 26.3 Å². The van der Waals surface area contributed by atoms with E-state index in [1.165, 1.54) is 7.11 Å². The molecule has 116 valence electrons. The predicted molar refractivity (Wildman–Crippen MR) is 52.7 cm³/mol. The van der Waals surface area contributed by atoms with Gasteiger partial charge in [-0.3, -0.25) is 0 Å². The Labute approximate surface area is 109 Å². The Bertz CT molecular complexity index is 428. The van der Waals surface area contributed by atoms with Gasteiger partial charge in [0.05, 0.1) is 6.61 Å². The molecule has 0 radical (unpaired) electrons. The molecule has 0 fully saturated rings. The van der Waals surface area contributed by atoms with Gasteiger partial charge in [0.2, 0.25) is 5.92 Å². The molecule has 1 aromatic rings. The molecule has 1 rings (SSSR count). The van der Waals surface area contributed by atoms with Gasteiger partial charge in [-0.15, -0.1) is 10.2 Å². The van der Waals surface area contributed by atoms with Crippen LogP contribution in [0.5, 0.6) is 0 Å². The Balaban J connectivity index is 3.30. The van der Waals surface area contributed by atoms with Crippen molar-refractivity contribution in [3.63, 3.8) is 0 Å². The van der Waals surface area contributed by atoms with Crippen molar-refractivity contribution in [3.05, 3.63) is 11.6 Å². The van der Waals surface area contributed by atoms with Crippen molar-refractivity contribution in [2.75, 3.05) is 13.7 Å². The zero-order chi connectivity index (χ0) is 15.6. The lowest BCUT2D eigenvalue weighted by Crippen LogP contribution is -2.36. The van der Waals surface area contributed by atoms with Crippen LogP contribution >= 0.6 is 0 Å². The van der Waals surface area contributed by atoms with Crippen molar-refractivity contribution in [3.8, 4) is 0 Å². The molecule has 0 bridgehead atoms. The van der Waals surface area contributed by atoms with E-state index in [-0.39, 0.29) is 13.2 Å². The van der Waals surface area contributed by atoms with Crippen LogP contribution in [0.15, 0.2) is 0 Å². The highest BCUT2D eigenvalue weighted by Crippen LogP contribution is 2.45. The molecule has 1 heterocycles. The third-order valence-electron chi connectivity index (χ3n) is 2.43. The highest BCUT2D eigenvalue weighted by atomic mass is 19.4. The van der Waals surface area contributed by atoms with Crippen molar-refractivity contribution < 1.29 is 36.2 Å². The van der Waals surface area contributed by atoms with Gasteiger partial charge in [0.25, 0.3) is 0 Å². The van der Waals surface area contributed by atoms with E-state index in [4.69, 9.17) is 5.11 Å². The Kier molecular flexibility index (Phi) is 4.97. The average Bonchev–Trinajstić information content (AvgIpc) is 2.65. The molecule has 11 heteroatoms. The lowest BCUT2D eigenvalue weighted by molar-refractivity contribution is -0.256. The molecule has 0 saturated heterocycles. The number of rotatable bonds is 5. The molecular weight excluding hydrogens is 296 g/mol. The molecule has 0 atom stereocenters. The second-order valence-corrected chi connectivity index (χ2v) is 3.79. The fourth-order valence-electron chi connectivity index (χ4n) is 1.58. The van der Waals surface area contributed by atoms with E-state index < -0.39 is 36.5 Å². The number of hydrogen-bond donors (Lipinski definition) is 1. The molecule has 0 aliphatic heterocycles. The zero-order valence-electron chi connectivity index (χ0n) is 10.2. The van der Waals surface area contributed by atoms with Crippen LogP contribution in [0, 0.1) is 0 Å².